The number of hydrogen-bond donors (Lipinski definition) is 1. The zero-order chi connectivity index (χ0) is 20.2. The van der Waals surface area contributed by atoms with Gasteiger partial charge < -0.3 is 10.2 Å². The highest BCUT2D eigenvalue weighted by molar-refractivity contribution is 6.02. The third-order valence-corrected chi connectivity index (χ3v) is 6.50. The fourth-order valence-electron chi connectivity index (χ4n) is 4.86. The molecule has 0 aromatic carbocycles. The van der Waals surface area contributed by atoms with E-state index in [1.54, 1.807) is 4.40 Å². The lowest BCUT2D eigenvalue weighted by Crippen LogP contribution is -2.43. The van der Waals surface area contributed by atoms with E-state index in [0.29, 0.717) is 17.0 Å². The Morgan fingerprint density at radius 1 is 1.07 bits per heavy atom. The monoisotopic (exact) mass is 396 g/mol. The number of aromatic nitrogens is 2. The average molecular weight is 397 g/mol. The largest absolute Gasteiger partial charge is 0.347 e. The molecule has 2 fully saturated rings. The summed E-state index contributed by atoms with van der Waals surface area (Å²) in [5, 5.41) is 3.17. The Bertz CT molecular complexity index is 867. The molecule has 156 valence electrons. The van der Waals surface area contributed by atoms with E-state index < -0.39 is 0 Å². The fraction of sp³-hybridized carbons (Fsp3) is 0.609. The van der Waals surface area contributed by atoms with Crippen LogP contribution in [-0.4, -0.2) is 44.7 Å². The van der Waals surface area contributed by atoms with E-state index in [1.807, 2.05) is 29.3 Å². The van der Waals surface area contributed by atoms with Crippen molar-refractivity contribution < 1.29 is 9.59 Å². The zero-order valence-corrected chi connectivity index (χ0v) is 17.4. The standard InChI is InChI=1S/C23H32N4O2/c1-2-18-13-7-9-15-26(18)23(29)20-19-14-8-10-16-27(19)21(25-20)22(28)24-17-11-5-3-4-6-12-17/h8,10,14,16-18H,2-7,9,11-13,15H2,1H3,(H,24,28). The summed E-state index contributed by atoms with van der Waals surface area (Å²) in [6.45, 7) is 2.90. The molecule has 3 heterocycles. The molecule has 1 saturated carbocycles. The van der Waals surface area contributed by atoms with Crippen LogP contribution in [0.1, 0.15) is 92.2 Å². The molecule has 0 bridgehead atoms. The predicted octanol–water partition coefficient (Wildman–Crippen LogP) is 4.19. The maximum Gasteiger partial charge on any atom is 0.287 e. The molecule has 1 N–H and O–H groups in total. The summed E-state index contributed by atoms with van der Waals surface area (Å²) in [6.07, 6.45) is 12.9. The predicted molar refractivity (Wildman–Crippen MR) is 113 cm³/mol. The van der Waals surface area contributed by atoms with E-state index in [4.69, 9.17) is 0 Å². The van der Waals surface area contributed by atoms with Gasteiger partial charge in [0.2, 0.25) is 5.82 Å². The number of rotatable bonds is 4. The van der Waals surface area contributed by atoms with E-state index in [1.165, 1.54) is 19.3 Å². The van der Waals surface area contributed by atoms with Gasteiger partial charge >= 0.3 is 0 Å². The first kappa shape index (κ1) is 19.9. The molecular formula is C23H32N4O2. The fourth-order valence-corrected chi connectivity index (χ4v) is 4.86. The van der Waals surface area contributed by atoms with Crippen molar-refractivity contribution in [1.29, 1.82) is 0 Å². The summed E-state index contributed by atoms with van der Waals surface area (Å²) in [5.74, 6) is 0.0925. The summed E-state index contributed by atoms with van der Waals surface area (Å²) in [7, 11) is 0. The first-order valence-electron chi connectivity index (χ1n) is 11.3. The second-order valence-electron chi connectivity index (χ2n) is 8.46. The molecule has 1 saturated heterocycles. The Morgan fingerprint density at radius 3 is 2.59 bits per heavy atom. The normalized spacial score (nSPS) is 21.1. The number of amides is 2. The highest BCUT2D eigenvalue weighted by Gasteiger charge is 2.30. The first-order valence-corrected chi connectivity index (χ1v) is 11.3. The van der Waals surface area contributed by atoms with Crippen molar-refractivity contribution in [2.45, 2.75) is 83.2 Å². The minimum Gasteiger partial charge on any atom is -0.347 e. The van der Waals surface area contributed by atoms with Gasteiger partial charge in [0.05, 0.1) is 5.52 Å². The van der Waals surface area contributed by atoms with Gasteiger partial charge in [-0.05, 0) is 50.7 Å². The molecule has 0 spiro atoms. The first-order chi connectivity index (χ1) is 14.2. The average Bonchev–Trinajstić information content (AvgIpc) is 2.96. The molecule has 2 aromatic heterocycles. The van der Waals surface area contributed by atoms with Crippen LogP contribution in [0, 0.1) is 0 Å². The molecule has 6 heteroatoms. The van der Waals surface area contributed by atoms with Crippen molar-refractivity contribution in [1.82, 2.24) is 19.6 Å². The highest BCUT2D eigenvalue weighted by atomic mass is 16.2. The number of hydrogen-bond acceptors (Lipinski definition) is 3. The van der Waals surface area contributed by atoms with Gasteiger partial charge in [-0.2, -0.15) is 0 Å². The van der Waals surface area contributed by atoms with Gasteiger partial charge in [0.15, 0.2) is 5.69 Å². The van der Waals surface area contributed by atoms with Crippen LogP contribution >= 0.6 is 0 Å². The van der Waals surface area contributed by atoms with Crippen LogP contribution in [0.15, 0.2) is 24.4 Å². The van der Waals surface area contributed by atoms with Crippen molar-refractivity contribution in [2.75, 3.05) is 6.54 Å². The Labute approximate surface area is 172 Å². The molecule has 1 atom stereocenters. The number of nitrogens with one attached hydrogen (secondary N) is 1. The van der Waals surface area contributed by atoms with Gasteiger partial charge in [-0.1, -0.05) is 38.7 Å². The van der Waals surface area contributed by atoms with Crippen molar-refractivity contribution >= 4 is 17.3 Å². The van der Waals surface area contributed by atoms with Gasteiger partial charge in [-0.3, -0.25) is 14.0 Å². The molecule has 29 heavy (non-hydrogen) atoms. The Hall–Kier alpha value is -2.37. The molecule has 1 aliphatic carbocycles. The van der Waals surface area contributed by atoms with Crippen LogP contribution in [0.25, 0.3) is 5.52 Å². The summed E-state index contributed by atoms with van der Waals surface area (Å²) in [4.78, 5) is 33.0. The van der Waals surface area contributed by atoms with E-state index in [9.17, 15) is 9.59 Å². The number of nitrogens with zero attached hydrogens (tertiary/aromatic N) is 3. The second kappa shape index (κ2) is 8.97. The number of likely N-dealkylation sites (tertiary alicyclic amines) is 1. The molecule has 2 aromatic rings. The van der Waals surface area contributed by atoms with Crippen LogP contribution in [0.5, 0.6) is 0 Å². The SMILES string of the molecule is CCC1CCCCN1C(=O)c1nc(C(=O)NC2CCCCCC2)n2ccccc12. The summed E-state index contributed by atoms with van der Waals surface area (Å²) < 4.78 is 1.77. The van der Waals surface area contributed by atoms with E-state index in [2.05, 4.69) is 17.2 Å². The van der Waals surface area contributed by atoms with Crippen LogP contribution < -0.4 is 5.32 Å². The number of imidazole rings is 1. The van der Waals surface area contributed by atoms with E-state index in [0.717, 1.165) is 51.5 Å². The Balaban J connectivity index is 1.62. The van der Waals surface area contributed by atoms with Gasteiger partial charge in [0, 0.05) is 24.8 Å². The Morgan fingerprint density at radius 2 is 1.83 bits per heavy atom. The van der Waals surface area contributed by atoms with Crippen molar-refractivity contribution in [2.24, 2.45) is 0 Å². The van der Waals surface area contributed by atoms with Crippen molar-refractivity contribution in [3.8, 4) is 0 Å². The number of carbonyl (C=O) groups excluding carboxylic acids is 2. The summed E-state index contributed by atoms with van der Waals surface area (Å²) >= 11 is 0. The number of carbonyl (C=O) groups is 2. The molecule has 0 radical (unpaired) electrons. The lowest BCUT2D eigenvalue weighted by molar-refractivity contribution is 0.0604. The zero-order valence-electron chi connectivity index (χ0n) is 17.4. The molecule has 4 rings (SSSR count). The molecular weight excluding hydrogens is 364 g/mol. The smallest absolute Gasteiger partial charge is 0.287 e. The maximum atomic E-state index is 13.4. The number of pyridine rings is 1. The third-order valence-electron chi connectivity index (χ3n) is 6.50. The second-order valence-corrected chi connectivity index (χ2v) is 8.46. The molecule has 1 unspecified atom stereocenters. The van der Waals surface area contributed by atoms with Gasteiger partial charge in [0.1, 0.15) is 0 Å². The molecule has 1 aliphatic heterocycles. The van der Waals surface area contributed by atoms with Gasteiger partial charge in [-0.25, -0.2) is 4.98 Å². The maximum absolute atomic E-state index is 13.4. The van der Waals surface area contributed by atoms with Gasteiger partial charge in [0.25, 0.3) is 11.8 Å². The van der Waals surface area contributed by atoms with Gasteiger partial charge in [-0.15, -0.1) is 0 Å². The topological polar surface area (TPSA) is 66.7 Å². The van der Waals surface area contributed by atoms with Crippen LogP contribution in [-0.2, 0) is 0 Å². The minimum absolute atomic E-state index is 0.0474. The third kappa shape index (κ3) is 4.16. The Kier molecular flexibility index (Phi) is 6.16. The molecule has 6 nitrogen and oxygen atoms in total. The lowest BCUT2D eigenvalue weighted by atomic mass is 9.99. The number of piperidine rings is 1. The minimum atomic E-state index is -0.178. The highest BCUT2D eigenvalue weighted by Crippen LogP contribution is 2.24. The van der Waals surface area contributed by atoms with E-state index in [-0.39, 0.29) is 23.9 Å². The molecule has 2 amide bonds. The van der Waals surface area contributed by atoms with Crippen LogP contribution in [0.4, 0.5) is 0 Å². The molecule has 2 aliphatic rings. The summed E-state index contributed by atoms with van der Waals surface area (Å²) in [6, 6.07) is 6.12. The van der Waals surface area contributed by atoms with Crippen LogP contribution in [0.2, 0.25) is 0 Å². The number of fused-ring (bicyclic) bond motifs is 1. The van der Waals surface area contributed by atoms with Crippen LogP contribution in [0.3, 0.4) is 0 Å². The van der Waals surface area contributed by atoms with Crippen molar-refractivity contribution in [3.63, 3.8) is 0 Å². The van der Waals surface area contributed by atoms with E-state index >= 15 is 0 Å². The van der Waals surface area contributed by atoms with Crippen molar-refractivity contribution in [3.05, 3.63) is 35.9 Å². The quantitative estimate of drug-likeness (QED) is 0.788. The summed E-state index contributed by atoms with van der Waals surface area (Å²) in [5.41, 5.74) is 1.11. The lowest BCUT2D eigenvalue weighted by Gasteiger charge is -2.34.